The van der Waals surface area contributed by atoms with Crippen LogP contribution in [0.4, 0.5) is 11.4 Å². The summed E-state index contributed by atoms with van der Waals surface area (Å²) in [4.78, 5) is 29.4. The second-order valence-corrected chi connectivity index (χ2v) is 11.2. The summed E-state index contributed by atoms with van der Waals surface area (Å²) in [5, 5.41) is 6.89. The molecule has 6 heteroatoms. The topological polar surface area (TPSA) is 70.7 Å². The highest BCUT2D eigenvalue weighted by Crippen LogP contribution is 2.49. The van der Waals surface area contributed by atoms with Gasteiger partial charge in [0.05, 0.1) is 31.1 Å². The fraction of sp³-hybridized carbons (Fsp3) is 0.467. The number of hydrogen-bond donors (Lipinski definition) is 2. The first-order chi connectivity index (χ1) is 17.4. The van der Waals surface area contributed by atoms with Crippen molar-refractivity contribution >= 4 is 23.1 Å². The highest BCUT2D eigenvalue weighted by Gasteiger charge is 2.42. The predicted octanol–water partition coefficient (Wildman–Crippen LogP) is 5.76. The molecular weight excluding hydrogens is 450 g/mol. The van der Waals surface area contributed by atoms with Crippen LogP contribution in [0, 0.1) is 5.41 Å². The molecule has 0 saturated heterocycles. The van der Waals surface area contributed by atoms with Crippen LogP contribution in [0.3, 0.4) is 0 Å². The average molecular weight is 488 g/mol. The Hall–Kier alpha value is -3.28. The molecule has 1 aliphatic heterocycles. The van der Waals surface area contributed by atoms with Crippen molar-refractivity contribution in [1.29, 1.82) is 0 Å². The highest BCUT2D eigenvalue weighted by atomic mass is 16.5. The number of ketones is 1. The van der Waals surface area contributed by atoms with Crippen LogP contribution in [0.15, 0.2) is 59.8 Å². The molecule has 1 saturated carbocycles. The zero-order valence-electron chi connectivity index (χ0n) is 21.6. The summed E-state index contributed by atoms with van der Waals surface area (Å²) in [6.07, 6.45) is 6.85. The third-order valence-electron chi connectivity index (χ3n) is 7.72. The summed E-state index contributed by atoms with van der Waals surface area (Å²) >= 11 is 0. The Morgan fingerprint density at radius 2 is 1.78 bits per heavy atom. The molecule has 6 nitrogen and oxygen atoms in total. The van der Waals surface area contributed by atoms with Crippen molar-refractivity contribution in [2.75, 3.05) is 23.9 Å². The van der Waals surface area contributed by atoms with Crippen LogP contribution in [-0.2, 0) is 9.59 Å². The molecule has 1 amide bonds. The monoisotopic (exact) mass is 487 g/mol. The number of carbonyl (C=O) groups excluding carboxylic acids is 2. The molecule has 2 N–H and O–H groups in total. The van der Waals surface area contributed by atoms with E-state index in [0.717, 1.165) is 60.3 Å². The Bertz CT molecular complexity index is 1180. The Morgan fingerprint density at radius 3 is 2.56 bits per heavy atom. The van der Waals surface area contributed by atoms with Gasteiger partial charge in [0.15, 0.2) is 5.78 Å². The lowest BCUT2D eigenvalue weighted by Gasteiger charge is -2.38. The number of para-hydroxylation sites is 3. The van der Waals surface area contributed by atoms with Crippen LogP contribution in [-0.4, -0.2) is 31.4 Å². The minimum atomic E-state index is -0.437. The van der Waals surface area contributed by atoms with E-state index in [4.69, 9.17) is 4.74 Å². The van der Waals surface area contributed by atoms with Gasteiger partial charge in [-0.1, -0.05) is 63.4 Å². The standard InChI is InChI=1S/C30H37N3O3/c1-30(2)17-23-28(25(34)18-30)29(21-13-7-10-16-26(21)36-3)33(24-15-9-8-14-22(24)32-23)19-27(35)31-20-11-5-4-6-12-20/h7-10,13-16,20,29,32H,4-6,11-12,17-19H2,1-3H3,(H,31,35)/t29-/m1/s1. The van der Waals surface area contributed by atoms with Gasteiger partial charge in [0.1, 0.15) is 5.75 Å². The lowest BCUT2D eigenvalue weighted by Crippen LogP contribution is -2.45. The van der Waals surface area contributed by atoms with E-state index in [9.17, 15) is 9.59 Å². The number of nitrogens with one attached hydrogen (secondary N) is 2. The second kappa shape index (κ2) is 10.00. The minimum Gasteiger partial charge on any atom is -0.496 e. The summed E-state index contributed by atoms with van der Waals surface area (Å²) in [5.41, 5.74) is 4.25. The van der Waals surface area contributed by atoms with Gasteiger partial charge in [0.2, 0.25) is 5.91 Å². The number of rotatable bonds is 5. The lowest BCUT2D eigenvalue weighted by molar-refractivity contribution is -0.121. The first-order valence-corrected chi connectivity index (χ1v) is 13.2. The lowest BCUT2D eigenvalue weighted by atomic mass is 9.73. The van der Waals surface area contributed by atoms with E-state index < -0.39 is 6.04 Å². The van der Waals surface area contributed by atoms with Crippen molar-refractivity contribution in [3.8, 4) is 5.75 Å². The molecule has 190 valence electrons. The summed E-state index contributed by atoms with van der Waals surface area (Å²) < 4.78 is 5.78. The van der Waals surface area contributed by atoms with Crippen molar-refractivity contribution in [2.45, 2.75) is 70.9 Å². The fourth-order valence-electron chi connectivity index (χ4n) is 6.12. The molecule has 0 aromatic heterocycles. The fourth-order valence-corrected chi connectivity index (χ4v) is 6.12. The summed E-state index contributed by atoms with van der Waals surface area (Å²) in [5.74, 6) is 0.823. The maximum absolute atomic E-state index is 13.8. The van der Waals surface area contributed by atoms with Gasteiger partial charge in [-0.15, -0.1) is 0 Å². The molecule has 36 heavy (non-hydrogen) atoms. The number of benzene rings is 2. The minimum absolute atomic E-state index is 0.00996. The zero-order valence-corrected chi connectivity index (χ0v) is 21.6. The number of hydrogen-bond acceptors (Lipinski definition) is 5. The van der Waals surface area contributed by atoms with Gasteiger partial charge >= 0.3 is 0 Å². The van der Waals surface area contributed by atoms with Crippen LogP contribution < -0.4 is 20.3 Å². The summed E-state index contributed by atoms with van der Waals surface area (Å²) in [6, 6.07) is 15.7. The van der Waals surface area contributed by atoms with Crippen LogP contribution >= 0.6 is 0 Å². The molecule has 1 fully saturated rings. The first-order valence-electron chi connectivity index (χ1n) is 13.2. The van der Waals surface area contributed by atoms with Gasteiger partial charge < -0.3 is 20.3 Å². The van der Waals surface area contributed by atoms with Crippen LogP contribution in [0.25, 0.3) is 0 Å². The summed E-state index contributed by atoms with van der Waals surface area (Å²) in [6.45, 7) is 4.44. The van der Waals surface area contributed by atoms with E-state index in [0.29, 0.717) is 12.2 Å². The molecule has 2 aromatic carbocycles. The summed E-state index contributed by atoms with van der Waals surface area (Å²) in [7, 11) is 1.66. The number of ether oxygens (including phenoxy) is 1. The maximum atomic E-state index is 13.8. The zero-order chi connectivity index (χ0) is 25.3. The van der Waals surface area contributed by atoms with Gasteiger partial charge in [-0.2, -0.15) is 0 Å². The Kier molecular flexibility index (Phi) is 6.78. The Balaban J connectivity index is 1.63. The molecule has 5 rings (SSSR count). The van der Waals surface area contributed by atoms with E-state index in [1.165, 1.54) is 6.42 Å². The molecular formula is C30H37N3O3. The number of methoxy groups -OCH3 is 1. The quantitative estimate of drug-likeness (QED) is 0.561. The smallest absolute Gasteiger partial charge is 0.239 e. The van der Waals surface area contributed by atoms with Crippen molar-refractivity contribution in [3.63, 3.8) is 0 Å². The number of carbonyl (C=O) groups is 2. The number of Topliss-reactive ketones (excluding diaryl/α,β-unsaturated/α-hetero) is 1. The predicted molar refractivity (Wildman–Crippen MR) is 143 cm³/mol. The molecule has 0 bridgehead atoms. The van der Waals surface area contributed by atoms with Crippen molar-refractivity contribution in [1.82, 2.24) is 5.32 Å². The normalized spacial score (nSPS) is 21.7. The van der Waals surface area contributed by atoms with E-state index in [1.54, 1.807) is 7.11 Å². The van der Waals surface area contributed by atoms with E-state index in [1.807, 2.05) is 48.5 Å². The molecule has 0 spiro atoms. The highest BCUT2D eigenvalue weighted by molar-refractivity contribution is 6.02. The molecule has 0 unspecified atom stereocenters. The van der Waals surface area contributed by atoms with Crippen molar-refractivity contribution in [3.05, 3.63) is 65.4 Å². The Labute approximate surface area is 214 Å². The van der Waals surface area contributed by atoms with Crippen molar-refractivity contribution in [2.24, 2.45) is 5.41 Å². The van der Waals surface area contributed by atoms with E-state index in [2.05, 4.69) is 29.4 Å². The number of nitrogens with zero attached hydrogens (tertiary/aromatic N) is 1. The molecule has 1 heterocycles. The van der Waals surface area contributed by atoms with Gasteiger partial charge in [0.25, 0.3) is 0 Å². The third kappa shape index (κ3) is 4.86. The van der Waals surface area contributed by atoms with Crippen molar-refractivity contribution < 1.29 is 14.3 Å². The van der Waals surface area contributed by atoms with Crippen LogP contribution in [0.5, 0.6) is 5.75 Å². The van der Waals surface area contributed by atoms with Crippen LogP contribution in [0.1, 0.15) is 70.4 Å². The molecule has 2 aromatic rings. The second-order valence-electron chi connectivity index (χ2n) is 11.2. The maximum Gasteiger partial charge on any atom is 0.239 e. The van der Waals surface area contributed by atoms with Gasteiger partial charge in [-0.3, -0.25) is 9.59 Å². The third-order valence-corrected chi connectivity index (χ3v) is 7.72. The number of amides is 1. The molecule has 1 atom stereocenters. The number of fused-ring (bicyclic) bond motifs is 1. The van der Waals surface area contributed by atoms with Gasteiger partial charge in [0, 0.05) is 29.3 Å². The van der Waals surface area contributed by atoms with E-state index >= 15 is 0 Å². The first kappa shape index (κ1) is 24.4. The molecule has 0 radical (unpaired) electrons. The molecule has 3 aliphatic rings. The van der Waals surface area contributed by atoms with Crippen LogP contribution in [0.2, 0.25) is 0 Å². The van der Waals surface area contributed by atoms with Gasteiger partial charge in [-0.25, -0.2) is 0 Å². The van der Waals surface area contributed by atoms with Gasteiger partial charge in [-0.05, 0) is 42.9 Å². The van der Waals surface area contributed by atoms with E-state index in [-0.39, 0.29) is 29.7 Å². The Morgan fingerprint density at radius 1 is 1.06 bits per heavy atom. The number of anilines is 2. The SMILES string of the molecule is COc1ccccc1[C@@H]1C2=C(CC(C)(C)CC2=O)Nc2ccccc2N1CC(=O)NC1CCCCC1. The average Bonchev–Trinajstić information content (AvgIpc) is 2.98. The molecule has 2 aliphatic carbocycles. The largest absolute Gasteiger partial charge is 0.496 e. The number of allylic oxidation sites excluding steroid dienone is 1.